The monoisotopic (exact) mass is 268 g/mol. The van der Waals surface area contributed by atoms with Crippen molar-refractivity contribution in [1.29, 1.82) is 0 Å². The molecule has 0 atom stereocenters. The summed E-state index contributed by atoms with van der Waals surface area (Å²) in [5.41, 5.74) is 4.11. The standard InChI is InChI=1S/C13H20N2O2S/c1-11-3-4-13-10-15(7-5-12(13)9-11)8-6-14-18(2,16)17/h3-4,9,14H,5-8,10H2,1-2H3. The molecule has 1 aromatic rings. The summed E-state index contributed by atoms with van der Waals surface area (Å²) in [7, 11) is -3.07. The van der Waals surface area contributed by atoms with Gasteiger partial charge in [0.25, 0.3) is 0 Å². The van der Waals surface area contributed by atoms with E-state index in [1.165, 1.54) is 22.9 Å². The molecule has 0 aliphatic carbocycles. The zero-order valence-electron chi connectivity index (χ0n) is 10.9. The summed E-state index contributed by atoms with van der Waals surface area (Å²) >= 11 is 0. The van der Waals surface area contributed by atoms with Crippen molar-refractivity contribution < 1.29 is 8.42 Å². The molecule has 1 N–H and O–H groups in total. The number of nitrogens with one attached hydrogen (secondary N) is 1. The van der Waals surface area contributed by atoms with Gasteiger partial charge < -0.3 is 0 Å². The van der Waals surface area contributed by atoms with Crippen LogP contribution in [0.2, 0.25) is 0 Å². The molecule has 0 unspecified atom stereocenters. The number of aryl methyl sites for hydroxylation is 1. The highest BCUT2D eigenvalue weighted by molar-refractivity contribution is 7.88. The first-order chi connectivity index (χ1) is 8.44. The number of hydrogen-bond donors (Lipinski definition) is 1. The zero-order valence-corrected chi connectivity index (χ0v) is 11.8. The van der Waals surface area contributed by atoms with Crippen LogP contribution in [0.3, 0.4) is 0 Å². The van der Waals surface area contributed by atoms with Gasteiger partial charge >= 0.3 is 0 Å². The minimum Gasteiger partial charge on any atom is -0.297 e. The van der Waals surface area contributed by atoms with Gasteiger partial charge in [0, 0.05) is 26.2 Å². The summed E-state index contributed by atoms with van der Waals surface area (Å²) in [5.74, 6) is 0. The Hall–Kier alpha value is -0.910. The number of hydrogen-bond acceptors (Lipinski definition) is 3. The van der Waals surface area contributed by atoms with Crippen LogP contribution in [0.1, 0.15) is 16.7 Å². The highest BCUT2D eigenvalue weighted by Gasteiger charge is 2.15. The summed E-state index contributed by atoms with van der Waals surface area (Å²) in [5, 5.41) is 0. The van der Waals surface area contributed by atoms with Crippen molar-refractivity contribution in [2.24, 2.45) is 0 Å². The Bertz CT molecular complexity index is 526. The van der Waals surface area contributed by atoms with Crippen LogP contribution in [0.25, 0.3) is 0 Å². The molecule has 0 spiro atoms. The van der Waals surface area contributed by atoms with Crippen molar-refractivity contribution in [1.82, 2.24) is 9.62 Å². The van der Waals surface area contributed by atoms with E-state index in [1.54, 1.807) is 0 Å². The molecule has 0 saturated carbocycles. The Morgan fingerprint density at radius 2 is 2.11 bits per heavy atom. The first-order valence-corrected chi connectivity index (χ1v) is 8.08. The normalized spacial score (nSPS) is 16.6. The molecule has 0 saturated heterocycles. The molecule has 4 nitrogen and oxygen atoms in total. The molecule has 1 aliphatic rings. The SMILES string of the molecule is Cc1ccc2c(c1)CCN(CCNS(C)(=O)=O)C2. The van der Waals surface area contributed by atoms with Crippen LogP contribution in [0.4, 0.5) is 0 Å². The molecule has 1 heterocycles. The molecule has 1 aromatic carbocycles. The Labute approximate surface area is 109 Å². The van der Waals surface area contributed by atoms with Crippen LogP contribution in [0.5, 0.6) is 0 Å². The molecule has 5 heteroatoms. The molecule has 1 aliphatic heterocycles. The third-order valence-electron chi connectivity index (χ3n) is 3.25. The minimum absolute atomic E-state index is 0.486. The second-order valence-electron chi connectivity index (χ2n) is 4.96. The van der Waals surface area contributed by atoms with Gasteiger partial charge in [-0.25, -0.2) is 13.1 Å². The Morgan fingerprint density at radius 3 is 2.83 bits per heavy atom. The lowest BCUT2D eigenvalue weighted by molar-refractivity contribution is 0.258. The highest BCUT2D eigenvalue weighted by atomic mass is 32.2. The quantitative estimate of drug-likeness (QED) is 0.883. The number of rotatable bonds is 4. The van der Waals surface area contributed by atoms with Crippen molar-refractivity contribution in [3.8, 4) is 0 Å². The molecule has 0 fully saturated rings. The lowest BCUT2D eigenvalue weighted by Crippen LogP contribution is -2.37. The Morgan fingerprint density at radius 1 is 1.33 bits per heavy atom. The van der Waals surface area contributed by atoms with Gasteiger partial charge in [0.15, 0.2) is 0 Å². The summed E-state index contributed by atoms with van der Waals surface area (Å²) in [6.07, 6.45) is 2.25. The summed E-state index contributed by atoms with van der Waals surface area (Å²) < 4.78 is 24.5. The van der Waals surface area contributed by atoms with E-state index in [-0.39, 0.29) is 0 Å². The molecule has 2 rings (SSSR count). The molecule has 18 heavy (non-hydrogen) atoms. The third-order valence-corrected chi connectivity index (χ3v) is 3.97. The van der Waals surface area contributed by atoms with E-state index in [9.17, 15) is 8.42 Å². The minimum atomic E-state index is -3.07. The fourth-order valence-electron chi connectivity index (χ4n) is 2.32. The number of fused-ring (bicyclic) bond motifs is 1. The molecular formula is C13H20N2O2S. The van der Waals surface area contributed by atoms with E-state index in [2.05, 4.69) is 34.7 Å². The Kier molecular flexibility index (Phi) is 4.04. The van der Waals surface area contributed by atoms with Crippen molar-refractivity contribution in [3.05, 3.63) is 34.9 Å². The van der Waals surface area contributed by atoms with Crippen LogP contribution in [-0.2, 0) is 23.0 Å². The predicted octanol–water partition coefficient (Wildman–Crippen LogP) is 0.902. The second kappa shape index (κ2) is 5.38. The van der Waals surface area contributed by atoms with Gasteiger partial charge in [0.1, 0.15) is 0 Å². The number of sulfonamides is 1. The molecule has 0 bridgehead atoms. The largest absolute Gasteiger partial charge is 0.297 e. The van der Waals surface area contributed by atoms with E-state index in [0.717, 1.165) is 26.1 Å². The maximum Gasteiger partial charge on any atom is 0.208 e. The molecular weight excluding hydrogens is 248 g/mol. The number of benzene rings is 1. The van der Waals surface area contributed by atoms with Crippen LogP contribution < -0.4 is 4.72 Å². The van der Waals surface area contributed by atoms with Gasteiger partial charge in [0.2, 0.25) is 10.0 Å². The predicted molar refractivity (Wildman–Crippen MR) is 73.0 cm³/mol. The van der Waals surface area contributed by atoms with Crippen molar-refractivity contribution in [2.75, 3.05) is 25.9 Å². The highest BCUT2D eigenvalue weighted by Crippen LogP contribution is 2.19. The summed E-state index contributed by atoms with van der Waals surface area (Å²) in [6, 6.07) is 6.57. The van der Waals surface area contributed by atoms with E-state index >= 15 is 0 Å². The zero-order chi connectivity index (χ0) is 13.2. The van der Waals surface area contributed by atoms with Gasteiger partial charge in [0.05, 0.1) is 6.26 Å². The average Bonchev–Trinajstić information content (AvgIpc) is 2.27. The smallest absolute Gasteiger partial charge is 0.208 e. The fourth-order valence-corrected chi connectivity index (χ4v) is 2.78. The number of nitrogens with zero attached hydrogens (tertiary/aromatic N) is 1. The van der Waals surface area contributed by atoms with Gasteiger partial charge in [-0.05, 0) is 24.5 Å². The maximum absolute atomic E-state index is 11.0. The van der Waals surface area contributed by atoms with Crippen LogP contribution in [0, 0.1) is 6.92 Å². The lowest BCUT2D eigenvalue weighted by atomic mass is 9.98. The van der Waals surface area contributed by atoms with Gasteiger partial charge in [-0.3, -0.25) is 4.90 Å². The fraction of sp³-hybridized carbons (Fsp3) is 0.538. The Balaban J connectivity index is 1.90. The first-order valence-electron chi connectivity index (χ1n) is 6.19. The van der Waals surface area contributed by atoms with Crippen LogP contribution in [0.15, 0.2) is 18.2 Å². The lowest BCUT2D eigenvalue weighted by Gasteiger charge is -2.28. The van der Waals surface area contributed by atoms with Crippen molar-refractivity contribution >= 4 is 10.0 Å². The van der Waals surface area contributed by atoms with Crippen LogP contribution in [-0.4, -0.2) is 39.2 Å². The van der Waals surface area contributed by atoms with Crippen LogP contribution >= 0.6 is 0 Å². The van der Waals surface area contributed by atoms with E-state index in [1.807, 2.05) is 0 Å². The summed E-state index contributed by atoms with van der Waals surface area (Å²) in [6.45, 7) is 5.28. The maximum atomic E-state index is 11.0. The summed E-state index contributed by atoms with van der Waals surface area (Å²) in [4.78, 5) is 2.29. The average molecular weight is 268 g/mol. The van der Waals surface area contributed by atoms with E-state index in [4.69, 9.17) is 0 Å². The van der Waals surface area contributed by atoms with Gasteiger partial charge in [-0.2, -0.15) is 0 Å². The third kappa shape index (κ3) is 3.80. The van der Waals surface area contributed by atoms with Crippen molar-refractivity contribution in [2.45, 2.75) is 19.9 Å². The molecule has 0 amide bonds. The van der Waals surface area contributed by atoms with E-state index in [0.29, 0.717) is 6.54 Å². The molecule has 0 radical (unpaired) electrons. The topological polar surface area (TPSA) is 49.4 Å². The first kappa shape index (κ1) is 13.5. The molecule has 0 aromatic heterocycles. The second-order valence-corrected chi connectivity index (χ2v) is 6.80. The molecule has 100 valence electrons. The van der Waals surface area contributed by atoms with Gasteiger partial charge in [-0.15, -0.1) is 0 Å². The van der Waals surface area contributed by atoms with E-state index < -0.39 is 10.0 Å². The van der Waals surface area contributed by atoms with Gasteiger partial charge in [-0.1, -0.05) is 23.8 Å². The van der Waals surface area contributed by atoms with Crippen molar-refractivity contribution in [3.63, 3.8) is 0 Å².